The average molecular weight is 542 g/mol. The molecule has 6 rings (SSSR count). The maximum Gasteiger partial charge on any atom is 0.273 e. The number of benzene rings is 1. The molecule has 0 spiro atoms. The van der Waals surface area contributed by atoms with Crippen molar-refractivity contribution in [3.05, 3.63) is 59.2 Å². The van der Waals surface area contributed by atoms with E-state index in [1.54, 1.807) is 0 Å². The molecule has 40 heavy (non-hydrogen) atoms. The predicted molar refractivity (Wildman–Crippen MR) is 159 cm³/mol. The summed E-state index contributed by atoms with van der Waals surface area (Å²) >= 11 is 0. The molecule has 0 unspecified atom stereocenters. The number of carbonyl (C=O) groups excluding carboxylic acids is 1. The van der Waals surface area contributed by atoms with Crippen molar-refractivity contribution in [2.45, 2.75) is 57.2 Å². The van der Waals surface area contributed by atoms with Gasteiger partial charge in [0.15, 0.2) is 0 Å². The zero-order chi connectivity index (χ0) is 27.9. The highest BCUT2D eigenvalue weighted by Gasteiger charge is 2.43. The number of hydrogen-bond acceptors (Lipinski definition) is 5. The molecule has 8 heteroatoms. The number of ether oxygens (including phenoxy) is 1. The van der Waals surface area contributed by atoms with E-state index in [-0.39, 0.29) is 23.5 Å². The van der Waals surface area contributed by atoms with Crippen molar-refractivity contribution in [3.63, 3.8) is 0 Å². The van der Waals surface area contributed by atoms with Crippen molar-refractivity contribution in [2.24, 2.45) is 5.92 Å². The third kappa shape index (κ3) is 4.86. The standard InChI is InChI=1S/C32H41N6O2/c1-23(2)35-13-10-32(40-4,11-14-35)27-7-5-24(6-8-27)26-21-30-29(9-12-34-38(30)22-26)36-15-17-37(18-16-36)31(39)25-19-28(20-25)33-3/h3,5-9,12,21-23,25,28H,10-11,13-20H2,1-2,4H3/q+1. The average Bonchev–Trinajstić information content (AvgIpc) is 3.41. The number of aromatic nitrogens is 2. The number of fused-ring (bicyclic) bond motifs is 1. The second-order valence-corrected chi connectivity index (χ2v) is 12.0. The molecule has 0 radical (unpaired) electrons. The Bertz CT molecular complexity index is 1390. The lowest BCUT2D eigenvalue weighted by molar-refractivity contribution is -0.138. The van der Waals surface area contributed by atoms with Crippen LogP contribution in [0.25, 0.3) is 21.5 Å². The monoisotopic (exact) mass is 541 g/mol. The van der Waals surface area contributed by atoms with Crippen LogP contribution in [-0.4, -0.2) is 83.8 Å². The van der Waals surface area contributed by atoms with E-state index in [2.05, 4.69) is 76.2 Å². The molecule has 8 nitrogen and oxygen atoms in total. The molecule has 210 valence electrons. The molecule has 2 aromatic heterocycles. The predicted octanol–water partition coefficient (Wildman–Crippen LogP) is 4.74. The van der Waals surface area contributed by atoms with Gasteiger partial charge in [0.1, 0.15) is 0 Å². The van der Waals surface area contributed by atoms with Crippen LogP contribution >= 0.6 is 0 Å². The number of hydrogen-bond donors (Lipinski definition) is 0. The second kappa shape index (κ2) is 10.9. The molecule has 1 aromatic carbocycles. The van der Waals surface area contributed by atoms with Crippen molar-refractivity contribution < 1.29 is 9.53 Å². The number of amides is 1. The van der Waals surface area contributed by atoms with Crippen LogP contribution in [0.4, 0.5) is 5.69 Å². The molecule has 0 N–H and O–H groups in total. The number of nitrogens with zero attached hydrogens (tertiary/aromatic N) is 6. The number of piperidine rings is 1. The van der Waals surface area contributed by atoms with Crippen LogP contribution in [0.2, 0.25) is 0 Å². The summed E-state index contributed by atoms with van der Waals surface area (Å²) in [6, 6.07) is 14.0. The van der Waals surface area contributed by atoms with Crippen LogP contribution in [0.3, 0.4) is 0 Å². The van der Waals surface area contributed by atoms with Gasteiger partial charge < -0.3 is 19.4 Å². The fourth-order valence-electron chi connectivity index (χ4n) is 6.74. The van der Waals surface area contributed by atoms with E-state index in [1.165, 1.54) is 11.1 Å². The van der Waals surface area contributed by atoms with Gasteiger partial charge >= 0.3 is 0 Å². The molecule has 4 heterocycles. The summed E-state index contributed by atoms with van der Waals surface area (Å²) in [6.45, 7) is 15.1. The summed E-state index contributed by atoms with van der Waals surface area (Å²) < 4.78 is 8.12. The van der Waals surface area contributed by atoms with Crippen molar-refractivity contribution in [1.82, 2.24) is 19.4 Å². The largest absolute Gasteiger partial charge is 0.373 e. The highest BCUT2D eigenvalue weighted by molar-refractivity contribution is 5.82. The molecule has 0 bridgehead atoms. The number of methoxy groups -OCH3 is 1. The van der Waals surface area contributed by atoms with E-state index >= 15 is 0 Å². The van der Waals surface area contributed by atoms with Crippen LogP contribution < -0.4 is 4.90 Å². The molecule has 3 fully saturated rings. The molecule has 1 aliphatic carbocycles. The van der Waals surface area contributed by atoms with E-state index in [9.17, 15) is 4.79 Å². The normalized spacial score (nSPS) is 23.3. The fourth-order valence-corrected chi connectivity index (χ4v) is 6.74. The summed E-state index contributed by atoms with van der Waals surface area (Å²) in [4.78, 5) is 23.6. The van der Waals surface area contributed by atoms with E-state index in [0.717, 1.165) is 81.7 Å². The zero-order valence-electron chi connectivity index (χ0n) is 24.0. The topological polar surface area (TPSA) is 57.7 Å². The highest BCUT2D eigenvalue weighted by Crippen LogP contribution is 2.38. The Balaban J connectivity index is 1.15. The summed E-state index contributed by atoms with van der Waals surface area (Å²) in [5, 5.41) is 4.60. The Morgan fingerprint density at radius 2 is 1.73 bits per heavy atom. The Kier molecular flexibility index (Phi) is 7.28. The molecule has 0 atom stereocenters. The summed E-state index contributed by atoms with van der Waals surface area (Å²) in [6.07, 6.45) is 7.57. The summed E-state index contributed by atoms with van der Waals surface area (Å²) in [5.74, 6) is 0.344. The maximum absolute atomic E-state index is 12.9. The van der Waals surface area contributed by atoms with Crippen molar-refractivity contribution in [2.75, 3.05) is 51.3 Å². The number of anilines is 1. The van der Waals surface area contributed by atoms with Gasteiger partial charge in [-0.2, -0.15) is 5.10 Å². The lowest BCUT2D eigenvalue weighted by Gasteiger charge is -2.42. The first-order chi connectivity index (χ1) is 19.4. The highest BCUT2D eigenvalue weighted by atomic mass is 16.5. The Morgan fingerprint density at radius 3 is 2.35 bits per heavy atom. The van der Waals surface area contributed by atoms with Crippen molar-refractivity contribution >= 4 is 17.1 Å². The molecule has 1 amide bonds. The van der Waals surface area contributed by atoms with Crippen LogP contribution in [-0.2, 0) is 15.1 Å². The molecule has 3 aromatic rings. The lowest BCUT2D eigenvalue weighted by Crippen LogP contribution is -2.52. The van der Waals surface area contributed by atoms with Gasteiger partial charge in [-0.25, -0.2) is 4.52 Å². The van der Waals surface area contributed by atoms with Crippen LogP contribution in [0.1, 0.15) is 45.1 Å². The molecular formula is C32H41N6O2+. The van der Waals surface area contributed by atoms with Gasteiger partial charge in [0.05, 0.1) is 22.7 Å². The molecular weight excluding hydrogens is 500 g/mol. The van der Waals surface area contributed by atoms with Gasteiger partial charge in [-0.15, -0.1) is 0 Å². The van der Waals surface area contributed by atoms with Gasteiger partial charge in [-0.1, -0.05) is 29.1 Å². The number of carbonyl (C=O) groups is 1. The third-order valence-corrected chi connectivity index (χ3v) is 9.56. The Morgan fingerprint density at radius 1 is 1.02 bits per heavy atom. The van der Waals surface area contributed by atoms with Crippen LogP contribution in [0, 0.1) is 12.5 Å². The molecule has 2 saturated heterocycles. The van der Waals surface area contributed by atoms with Crippen LogP contribution in [0.5, 0.6) is 0 Å². The fraction of sp³-hybridized carbons (Fsp3) is 0.531. The van der Waals surface area contributed by atoms with E-state index in [4.69, 9.17) is 11.3 Å². The van der Waals surface area contributed by atoms with Gasteiger partial charge in [-0.05, 0) is 49.9 Å². The SMILES string of the molecule is C#[N+]C1CC(C(=O)N2CCN(c3ccnn4cc(-c5ccc(C6(OC)CCN(C(C)C)CC6)cc5)cc34)CC2)C1. The Labute approximate surface area is 237 Å². The number of rotatable bonds is 6. The minimum atomic E-state index is -0.215. The molecule has 1 saturated carbocycles. The number of likely N-dealkylation sites (tertiary alicyclic amines) is 1. The van der Waals surface area contributed by atoms with Gasteiger partial charge in [-0.3, -0.25) is 4.79 Å². The quantitative estimate of drug-likeness (QED) is 0.451. The van der Waals surface area contributed by atoms with E-state index < -0.39 is 0 Å². The second-order valence-electron chi connectivity index (χ2n) is 12.0. The summed E-state index contributed by atoms with van der Waals surface area (Å²) in [5.41, 5.74) is 5.60. The minimum Gasteiger partial charge on any atom is -0.373 e. The van der Waals surface area contributed by atoms with Crippen molar-refractivity contribution in [3.8, 4) is 17.7 Å². The van der Waals surface area contributed by atoms with Crippen LogP contribution in [0.15, 0.2) is 48.8 Å². The maximum atomic E-state index is 12.9. The van der Waals surface area contributed by atoms with Gasteiger partial charge in [0, 0.05) is 83.2 Å². The first-order valence-corrected chi connectivity index (χ1v) is 14.7. The number of piperazine rings is 1. The lowest BCUT2D eigenvalue weighted by atomic mass is 9.79. The third-order valence-electron chi connectivity index (χ3n) is 9.56. The molecule has 3 aliphatic rings. The summed E-state index contributed by atoms with van der Waals surface area (Å²) in [7, 11) is 1.85. The first-order valence-electron chi connectivity index (χ1n) is 14.7. The molecule has 2 aliphatic heterocycles. The smallest absolute Gasteiger partial charge is 0.273 e. The first kappa shape index (κ1) is 26.8. The van der Waals surface area contributed by atoms with Crippen molar-refractivity contribution in [1.29, 1.82) is 0 Å². The minimum absolute atomic E-state index is 0.0858. The Hall–Kier alpha value is -3.41. The van der Waals surface area contributed by atoms with E-state index in [1.807, 2.05) is 22.7 Å². The van der Waals surface area contributed by atoms with Gasteiger partial charge in [0.25, 0.3) is 12.6 Å². The van der Waals surface area contributed by atoms with Gasteiger partial charge in [0.2, 0.25) is 5.91 Å². The zero-order valence-corrected chi connectivity index (χ0v) is 24.0. The van der Waals surface area contributed by atoms with E-state index in [0.29, 0.717) is 6.04 Å².